The highest BCUT2D eigenvalue weighted by atomic mass is 35.5. The van der Waals surface area contributed by atoms with E-state index in [-0.39, 0.29) is 24.4 Å². The second-order valence-corrected chi connectivity index (χ2v) is 6.60. The van der Waals surface area contributed by atoms with Crippen LogP contribution in [-0.2, 0) is 17.8 Å². The summed E-state index contributed by atoms with van der Waals surface area (Å²) in [6.45, 7) is 1.42. The van der Waals surface area contributed by atoms with Gasteiger partial charge in [-0.3, -0.25) is 4.79 Å². The first-order valence-corrected chi connectivity index (χ1v) is 8.39. The molecule has 1 aliphatic heterocycles. The molecule has 5 nitrogen and oxygen atoms in total. The van der Waals surface area contributed by atoms with Crippen LogP contribution in [0.15, 0.2) is 12.1 Å². The van der Waals surface area contributed by atoms with E-state index in [4.69, 9.17) is 15.2 Å². The van der Waals surface area contributed by atoms with E-state index >= 15 is 0 Å². The lowest BCUT2D eigenvalue weighted by atomic mass is 9.96. The SMILES string of the molecule is COc1cc2c(cc1OC)CN(C(=O)C[C@@H]1CCC[C@H]1N)CC2.Cl. The van der Waals surface area contributed by atoms with E-state index in [1.54, 1.807) is 14.2 Å². The molecule has 2 atom stereocenters. The maximum absolute atomic E-state index is 12.6. The smallest absolute Gasteiger partial charge is 0.223 e. The highest BCUT2D eigenvalue weighted by Crippen LogP contribution is 2.34. The van der Waals surface area contributed by atoms with Crippen LogP contribution in [0, 0.1) is 5.92 Å². The van der Waals surface area contributed by atoms with Gasteiger partial charge in [-0.25, -0.2) is 0 Å². The monoisotopic (exact) mass is 354 g/mol. The molecule has 134 valence electrons. The van der Waals surface area contributed by atoms with Gasteiger partial charge in [-0.15, -0.1) is 12.4 Å². The first-order valence-electron chi connectivity index (χ1n) is 8.39. The number of nitrogens with zero attached hydrogens (tertiary/aromatic N) is 1. The van der Waals surface area contributed by atoms with Crippen LogP contribution in [0.4, 0.5) is 0 Å². The van der Waals surface area contributed by atoms with Gasteiger partial charge in [0.25, 0.3) is 0 Å². The third kappa shape index (κ3) is 3.78. The molecule has 0 radical (unpaired) electrons. The minimum atomic E-state index is 0. The molecule has 1 heterocycles. The minimum absolute atomic E-state index is 0. The molecule has 1 aliphatic carbocycles. The summed E-state index contributed by atoms with van der Waals surface area (Å²) in [5, 5.41) is 0. The molecule has 1 aromatic rings. The highest BCUT2D eigenvalue weighted by Gasteiger charge is 2.29. The fraction of sp³-hybridized carbons (Fsp3) is 0.611. The normalized spacial score (nSPS) is 22.5. The maximum Gasteiger partial charge on any atom is 0.223 e. The molecule has 24 heavy (non-hydrogen) atoms. The summed E-state index contributed by atoms with van der Waals surface area (Å²) in [7, 11) is 3.28. The van der Waals surface area contributed by atoms with Gasteiger partial charge in [0.1, 0.15) is 0 Å². The average Bonchev–Trinajstić information content (AvgIpc) is 2.97. The number of fused-ring (bicyclic) bond motifs is 1. The Morgan fingerprint density at radius 2 is 1.88 bits per heavy atom. The first kappa shape index (κ1) is 18.9. The maximum atomic E-state index is 12.6. The quantitative estimate of drug-likeness (QED) is 0.902. The Morgan fingerprint density at radius 3 is 2.46 bits per heavy atom. The summed E-state index contributed by atoms with van der Waals surface area (Å²) in [5.41, 5.74) is 8.49. The second kappa shape index (κ2) is 8.08. The molecule has 1 saturated carbocycles. The Balaban J connectivity index is 0.00000208. The van der Waals surface area contributed by atoms with Crippen molar-refractivity contribution in [2.75, 3.05) is 20.8 Å². The van der Waals surface area contributed by atoms with Gasteiger partial charge < -0.3 is 20.1 Å². The third-order valence-corrected chi connectivity index (χ3v) is 5.23. The molecule has 0 unspecified atom stereocenters. The van der Waals surface area contributed by atoms with Crippen molar-refractivity contribution >= 4 is 18.3 Å². The van der Waals surface area contributed by atoms with E-state index in [1.165, 1.54) is 5.56 Å². The van der Waals surface area contributed by atoms with Crippen molar-refractivity contribution in [1.29, 1.82) is 0 Å². The van der Waals surface area contributed by atoms with Crippen LogP contribution in [0.25, 0.3) is 0 Å². The van der Waals surface area contributed by atoms with Gasteiger partial charge in [-0.2, -0.15) is 0 Å². The van der Waals surface area contributed by atoms with E-state index in [9.17, 15) is 4.79 Å². The van der Waals surface area contributed by atoms with Crippen molar-refractivity contribution in [1.82, 2.24) is 4.90 Å². The summed E-state index contributed by atoms with van der Waals surface area (Å²) in [6.07, 6.45) is 4.74. The van der Waals surface area contributed by atoms with Gasteiger partial charge >= 0.3 is 0 Å². The van der Waals surface area contributed by atoms with Gasteiger partial charge in [0.05, 0.1) is 14.2 Å². The third-order valence-electron chi connectivity index (χ3n) is 5.23. The van der Waals surface area contributed by atoms with Gasteiger partial charge in [0, 0.05) is 25.6 Å². The molecule has 2 N–H and O–H groups in total. The fourth-order valence-corrected chi connectivity index (χ4v) is 3.77. The first-order chi connectivity index (χ1) is 11.1. The Morgan fingerprint density at radius 1 is 1.21 bits per heavy atom. The Kier molecular flexibility index (Phi) is 6.35. The van der Waals surface area contributed by atoms with Crippen LogP contribution in [0.2, 0.25) is 0 Å². The minimum Gasteiger partial charge on any atom is -0.493 e. The predicted molar refractivity (Wildman–Crippen MR) is 95.8 cm³/mol. The zero-order valence-corrected chi connectivity index (χ0v) is 15.2. The zero-order chi connectivity index (χ0) is 16.4. The fourth-order valence-electron chi connectivity index (χ4n) is 3.77. The topological polar surface area (TPSA) is 64.8 Å². The second-order valence-electron chi connectivity index (χ2n) is 6.60. The largest absolute Gasteiger partial charge is 0.493 e. The van der Waals surface area contributed by atoms with Crippen LogP contribution in [0.1, 0.15) is 36.8 Å². The van der Waals surface area contributed by atoms with Crippen molar-refractivity contribution < 1.29 is 14.3 Å². The number of ether oxygens (including phenoxy) is 2. The van der Waals surface area contributed by atoms with Gasteiger partial charge in [-0.05, 0) is 48.4 Å². The Labute approximate surface area is 149 Å². The molecule has 1 amide bonds. The number of benzene rings is 1. The van der Waals surface area contributed by atoms with E-state index in [1.807, 2.05) is 17.0 Å². The van der Waals surface area contributed by atoms with Gasteiger partial charge in [0.2, 0.25) is 5.91 Å². The lowest BCUT2D eigenvalue weighted by Crippen LogP contribution is -2.38. The van der Waals surface area contributed by atoms with Crippen LogP contribution >= 0.6 is 12.4 Å². The van der Waals surface area contributed by atoms with E-state index < -0.39 is 0 Å². The number of methoxy groups -OCH3 is 2. The van der Waals surface area contributed by atoms with Crippen LogP contribution in [0.3, 0.4) is 0 Å². The van der Waals surface area contributed by atoms with Crippen molar-refractivity contribution in [3.63, 3.8) is 0 Å². The molecule has 0 spiro atoms. The number of hydrogen-bond acceptors (Lipinski definition) is 4. The molecule has 6 heteroatoms. The summed E-state index contributed by atoms with van der Waals surface area (Å²) in [6, 6.07) is 4.22. The number of nitrogens with two attached hydrogens (primary N) is 1. The van der Waals surface area contributed by atoms with Crippen LogP contribution < -0.4 is 15.2 Å². The molecular formula is C18H27ClN2O3. The number of halogens is 1. The number of carbonyl (C=O) groups is 1. The van der Waals surface area contributed by atoms with Gasteiger partial charge in [-0.1, -0.05) is 6.42 Å². The average molecular weight is 355 g/mol. The summed E-state index contributed by atoms with van der Waals surface area (Å²) in [4.78, 5) is 14.6. The number of rotatable bonds is 4. The molecule has 0 bridgehead atoms. The Bertz CT molecular complexity index is 594. The van der Waals surface area contributed by atoms with E-state index in [2.05, 4.69) is 0 Å². The summed E-state index contributed by atoms with van der Waals surface area (Å²) < 4.78 is 10.7. The van der Waals surface area contributed by atoms with Crippen LogP contribution in [-0.4, -0.2) is 37.6 Å². The molecule has 3 rings (SSSR count). The molecular weight excluding hydrogens is 328 g/mol. The van der Waals surface area contributed by atoms with Crippen molar-refractivity contribution in [2.45, 2.75) is 44.7 Å². The molecule has 2 aliphatic rings. The standard InChI is InChI=1S/C18H26N2O3.ClH/c1-22-16-8-12-6-7-20(11-14(12)9-17(16)23-2)18(21)10-13-4-3-5-15(13)19;/h8-9,13,15H,3-7,10-11,19H2,1-2H3;1H/t13-,15+;/m0./s1. The Hall–Kier alpha value is -1.46. The van der Waals surface area contributed by atoms with Crippen molar-refractivity contribution in [3.05, 3.63) is 23.3 Å². The van der Waals surface area contributed by atoms with Crippen molar-refractivity contribution in [2.24, 2.45) is 11.7 Å². The predicted octanol–water partition coefficient (Wildman–Crippen LogP) is 2.53. The molecule has 1 aromatic carbocycles. The lowest BCUT2D eigenvalue weighted by Gasteiger charge is -2.31. The highest BCUT2D eigenvalue weighted by molar-refractivity contribution is 5.85. The molecule has 0 aromatic heterocycles. The van der Waals surface area contributed by atoms with Gasteiger partial charge in [0.15, 0.2) is 11.5 Å². The molecule has 0 saturated heterocycles. The number of hydrogen-bond donors (Lipinski definition) is 1. The van der Waals surface area contributed by atoms with Crippen LogP contribution in [0.5, 0.6) is 11.5 Å². The zero-order valence-electron chi connectivity index (χ0n) is 14.4. The number of carbonyl (C=O) groups excluding carboxylic acids is 1. The number of amides is 1. The summed E-state index contributed by atoms with van der Waals surface area (Å²) >= 11 is 0. The summed E-state index contributed by atoms with van der Waals surface area (Å²) in [5.74, 6) is 2.06. The van der Waals surface area contributed by atoms with Crippen molar-refractivity contribution in [3.8, 4) is 11.5 Å². The molecule has 1 fully saturated rings. The van der Waals surface area contributed by atoms with E-state index in [0.29, 0.717) is 18.9 Å². The van der Waals surface area contributed by atoms with E-state index in [0.717, 1.165) is 49.3 Å². The lowest BCUT2D eigenvalue weighted by molar-refractivity contribution is -0.133.